The average molecular weight is 326 g/mol. The third-order valence-corrected chi connectivity index (χ3v) is 4.09. The first kappa shape index (κ1) is 16.2. The summed E-state index contributed by atoms with van der Waals surface area (Å²) in [7, 11) is 7.68. The second-order valence-electron chi connectivity index (χ2n) is 5.86. The van der Waals surface area contributed by atoms with Gasteiger partial charge < -0.3 is 15.0 Å². The number of anilines is 1. The summed E-state index contributed by atoms with van der Waals surface area (Å²) in [5.74, 6) is 1.65. The van der Waals surface area contributed by atoms with E-state index >= 15 is 0 Å². The quantitative estimate of drug-likeness (QED) is 0.748. The van der Waals surface area contributed by atoms with E-state index < -0.39 is 0 Å². The predicted molar refractivity (Wildman–Crippen MR) is 94.2 cm³/mol. The minimum Gasteiger partial charge on any atom is -0.497 e. The highest BCUT2D eigenvalue weighted by Crippen LogP contribution is 2.24. The van der Waals surface area contributed by atoms with Gasteiger partial charge in [-0.1, -0.05) is 12.1 Å². The summed E-state index contributed by atoms with van der Waals surface area (Å²) in [5.41, 5.74) is 2.00. The maximum atomic E-state index is 5.34. The van der Waals surface area contributed by atoms with Gasteiger partial charge in [-0.15, -0.1) is 0 Å². The smallest absolute Gasteiger partial charge is 0.163 e. The van der Waals surface area contributed by atoms with Gasteiger partial charge in [0.25, 0.3) is 0 Å². The molecule has 7 heteroatoms. The zero-order valence-electron chi connectivity index (χ0n) is 14.4. The molecule has 0 amide bonds. The lowest BCUT2D eigenvalue weighted by molar-refractivity contribution is 0.310. The number of benzene rings is 1. The van der Waals surface area contributed by atoms with Crippen molar-refractivity contribution in [1.29, 1.82) is 0 Å². The number of ether oxygens (including phenoxy) is 1. The number of rotatable bonds is 6. The molecule has 0 aliphatic rings. The van der Waals surface area contributed by atoms with Gasteiger partial charge in [0.1, 0.15) is 17.9 Å². The molecule has 1 N–H and O–H groups in total. The molecule has 0 aliphatic heterocycles. The van der Waals surface area contributed by atoms with Crippen LogP contribution in [0.4, 0.5) is 5.82 Å². The highest BCUT2D eigenvalue weighted by atomic mass is 16.5. The monoisotopic (exact) mass is 326 g/mol. The number of aromatic nitrogens is 4. The van der Waals surface area contributed by atoms with Crippen LogP contribution in [0.25, 0.3) is 11.0 Å². The number of nitrogens with zero attached hydrogens (tertiary/aromatic N) is 5. The minimum atomic E-state index is 0.182. The van der Waals surface area contributed by atoms with Crippen LogP contribution in [0.5, 0.6) is 5.75 Å². The van der Waals surface area contributed by atoms with E-state index in [2.05, 4.69) is 51.5 Å². The van der Waals surface area contributed by atoms with Gasteiger partial charge in [0.15, 0.2) is 5.65 Å². The molecule has 24 heavy (non-hydrogen) atoms. The van der Waals surface area contributed by atoms with E-state index in [1.54, 1.807) is 24.3 Å². The van der Waals surface area contributed by atoms with Crippen molar-refractivity contribution < 1.29 is 4.74 Å². The lowest BCUT2D eigenvalue weighted by Gasteiger charge is -2.25. The lowest BCUT2D eigenvalue weighted by atomic mass is 10.1. The summed E-state index contributed by atoms with van der Waals surface area (Å²) in [5, 5.41) is 8.60. The first-order valence-corrected chi connectivity index (χ1v) is 7.77. The van der Waals surface area contributed by atoms with Gasteiger partial charge in [0, 0.05) is 13.6 Å². The standard InChI is InChI=1S/C17H22N6O/c1-22(2)15(12-6-5-7-13(8-12)24-4)10-18-16-14-9-21-23(3)17(14)20-11-19-16/h5-9,11,15H,10H2,1-4H3,(H,18,19,20)/t15-/m0/s1. The van der Waals surface area contributed by atoms with Gasteiger partial charge in [-0.3, -0.25) is 4.68 Å². The fourth-order valence-electron chi connectivity index (χ4n) is 2.74. The van der Waals surface area contributed by atoms with Crippen LogP contribution in [0, 0.1) is 0 Å². The number of hydrogen-bond acceptors (Lipinski definition) is 6. The molecular formula is C17H22N6O. The van der Waals surface area contributed by atoms with Crippen molar-refractivity contribution in [2.45, 2.75) is 6.04 Å². The molecule has 126 valence electrons. The molecular weight excluding hydrogens is 304 g/mol. The molecule has 1 aromatic carbocycles. The van der Waals surface area contributed by atoms with Crippen LogP contribution in [0.1, 0.15) is 11.6 Å². The summed E-state index contributed by atoms with van der Waals surface area (Å²) in [6, 6.07) is 8.31. The van der Waals surface area contributed by atoms with Crippen LogP contribution in [-0.2, 0) is 7.05 Å². The van der Waals surface area contributed by atoms with Gasteiger partial charge in [-0.05, 0) is 31.8 Å². The molecule has 3 aromatic rings. The minimum absolute atomic E-state index is 0.182. The first-order chi connectivity index (χ1) is 11.6. The van der Waals surface area contributed by atoms with E-state index in [0.29, 0.717) is 6.54 Å². The van der Waals surface area contributed by atoms with Crippen LogP contribution in [0.2, 0.25) is 0 Å². The van der Waals surface area contributed by atoms with Gasteiger partial charge in [-0.2, -0.15) is 5.10 Å². The number of hydrogen-bond donors (Lipinski definition) is 1. The Bertz CT molecular complexity index is 829. The van der Waals surface area contributed by atoms with Crippen molar-refractivity contribution in [2.75, 3.05) is 33.1 Å². The van der Waals surface area contributed by atoms with E-state index in [-0.39, 0.29) is 6.04 Å². The highest BCUT2D eigenvalue weighted by molar-refractivity contribution is 5.85. The number of likely N-dealkylation sites (N-methyl/N-ethyl adjacent to an activating group) is 1. The molecule has 3 rings (SSSR count). The second kappa shape index (κ2) is 6.84. The normalized spacial score (nSPS) is 12.5. The SMILES string of the molecule is COc1cccc([C@H](CNc2ncnc3c2cnn3C)N(C)C)c1. The van der Waals surface area contributed by atoms with Crippen LogP contribution < -0.4 is 10.1 Å². The molecule has 0 radical (unpaired) electrons. The Labute approximate surface area is 141 Å². The molecule has 0 saturated heterocycles. The molecule has 2 heterocycles. The molecule has 0 unspecified atom stereocenters. The molecule has 1 atom stereocenters. The zero-order chi connectivity index (χ0) is 17.1. The van der Waals surface area contributed by atoms with Gasteiger partial charge >= 0.3 is 0 Å². The number of fused-ring (bicyclic) bond motifs is 1. The summed E-state index contributed by atoms with van der Waals surface area (Å²) < 4.78 is 7.08. The van der Waals surface area contributed by atoms with Crippen molar-refractivity contribution >= 4 is 16.9 Å². The fraction of sp³-hybridized carbons (Fsp3) is 0.353. The van der Waals surface area contributed by atoms with Crippen LogP contribution in [-0.4, -0.2) is 52.4 Å². The molecule has 7 nitrogen and oxygen atoms in total. The van der Waals surface area contributed by atoms with Crippen molar-refractivity contribution in [3.8, 4) is 5.75 Å². The van der Waals surface area contributed by atoms with Crippen molar-refractivity contribution in [2.24, 2.45) is 7.05 Å². The maximum absolute atomic E-state index is 5.34. The summed E-state index contributed by atoms with van der Waals surface area (Å²) in [6.45, 7) is 0.709. The number of aryl methyl sites for hydroxylation is 1. The van der Waals surface area contributed by atoms with Crippen molar-refractivity contribution in [3.05, 3.63) is 42.4 Å². The fourth-order valence-corrected chi connectivity index (χ4v) is 2.74. The highest BCUT2D eigenvalue weighted by Gasteiger charge is 2.16. The average Bonchev–Trinajstić information content (AvgIpc) is 2.97. The topological polar surface area (TPSA) is 68.1 Å². The van der Waals surface area contributed by atoms with Crippen molar-refractivity contribution in [3.63, 3.8) is 0 Å². The molecule has 2 aromatic heterocycles. The van der Waals surface area contributed by atoms with E-state index in [9.17, 15) is 0 Å². The van der Waals surface area contributed by atoms with Crippen LogP contribution in [0.15, 0.2) is 36.8 Å². The summed E-state index contributed by atoms with van der Waals surface area (Å²) in [4.78, 5) is 10.8. The Morgan fingerprint density at radius 3 is 2.88 bits per heavy atom. The van der Waals surface area contributed by atoms with Crippen molar-refractivity contribution in [1.82, 2.24) is 24.6 Å². The third-order valence-electron chi connectivity index (χ3n) is 4.09. The molecule has 0 aliphatic carbocycles. The van der Waals surface area contributed by atoms with E-state index in [1.165, 1.54) is 5.56 Å². The third kappa shape index (κ3) is 3.16. The van der Waals surface area contributed by atoms with Crippen LogP contribution in [0.3, 0.4) is 0 Å². The molecule has 0 bridgehead atoms. The number of nitrogens with one attached hydrogen (secondary N) is 1. The van der Waals surface area contributed by atoms with E-state index in [0.717, 1.165) is 22.6 Å². The molecule has 0 saturated carbocycles. The maximum Gasteiger partial charge on any atom is 0.163 e. The van der Waals surface area contributed by atoms with Crippen LogP contribution >= 0.6 is 0 Å². The number of methoxy groups -OCH3 is 1. The Hall–Kier alpha value is -2.67. The summed E-state index contributed by atoms with van der Waals surface area (Å²) >= 11 is 0. The second-order valence-corrected chi connectivity index (χ2v) is 5.86. The molecule has 0 fully saturated rings. The molecule has 0 spiro atoms. The van der Waals surface area contributed by atoms with Gasteiger partial charge in [0.05, 0.1) is 24.7 Å². The Kier molecular flexibility index (Phi) is 4.61. The zero-order valence-corrected chi connectivity index (χ0v) is 14.4. The van der Waals surface area contributed by atoms with Gasteiger partial charge in [0.2, 0.25) is 0 Å². The Morgan fingerprint density at radius 1 is 1.29 bits per heavy atom. The van der Waals surface area contributed by atoms with E-state index in [4.69, 9.17) is 4.74 Å². The van der Waals surface area contributed by atoms with E-state index in [1.807, 2.05) is 19.2 Å². The predicted octanol–water partition coefficient (Wildman–Crippen LogP) is 2.09. The Morgan fingerprint density at radius 2 is 2.12 bits per heavy atom. The largest absolute Gasteiger partial charge is 0.497 e. The lowest BCUT2D eigenvalue weighted by Crippen LogP contribution is -2.27. The first-order valence-electron chi connectivity index (χ1n) is 7.77. The Balaban J connectivity index is 1.83. The summed E-state index contributed by atoms with van der Waals surface area (Å²) in [6.07, 6.45) is 3.34. The van der Waals surface area contributed by atoms with Gasteiger partial charge in [-0.25, -0.2) is 9.97 Å².